The van der Waals surface area contributed by atoms with Crippen LogP contribution in [0.25, 0.3) is 0 Å². The number of halogens is 1. The van der Waals surface area contributed by atoms with Crippen molar-refractivity contribution in [3.63, 3.8) is 0 Å². The maximum absolute atomic E-state index is 11.0. The Bertz CT molecular complexity index is 159. The van der Waals surface area contributed by atoms with Gasteiger partial charge < -0.3 is 14.8 Å². The molecule has 0 aromatic carbocycles. The van der Waals surface area contributed by atoms with E-state index in [2.05, 4.69) is 5.32 Å². The quantitative estimate of drug-likeness (QED) is 0.556. The van der Waals surface area contributed by atoms with Crippen molar-refractivity contribution in [3.05, 3.63) is 0 Å². The summed E-state index contributed by atoms with van der Waals surface area (Å²) in [6.07, 6.45) is 1.18. The van der Waals surface area contributed by atoms with E-state index < -0.39 is 0 Å². The van der Waals surface area contributed by atoms with Crippen LogP contribution in [0.2, 0.25) is 0 Å². The van der Waals surface area contributed by atoms with E-state index in [0.29, 0.717) is 32.1 Å². The molecule has 0 aromatic heterocycles. The van der Waals surface area contributed by atoms with Gasteiger partial charge in [0.1, 0.15) is 0 Å². The maximum Gasteiger partial charge on any atom is 0.407 e. The summed E-state index contributed by atoms with van der Waals surface area (Å²) >= 11 is 5.42. The molecule has 1 saturated heterocycles. The SMILES string of the molecule is O=C(NC1CCOC1)OCCCCl. The molecule has 76 valence electrons. The lowest BCUT2D eigenvalue weighted by Gasteiger charge is -2.10. The molecule has 13 heavy (non-hydrogen) atoms. The molecule has 1 aliphatic heterocycles. The lowest BCUT2D eigenvalue weighted by Crippen LogP contribution is -2.35. The highest BCUT2D eigenvalue weighted by Gasteiger charge is 2.17. The minimum atomic E-state index is -0.374. The average molecular weight is 208 g/mol. The first-order valence-electron chi connectivity index (χ1n) is 4.40. The normalized spacial score (nSPS) is 21.5. The van der Waals surface area contributed by atoms with Gasteiger partial charge in [0.05, 0.1) is 19.3 Å². The highest BCUT2D eigenvalue weighted by Crippen LogP contribution is 2.03. The molecule has 0 spiro atoms. The molecule has 1 fully saturated rings. The number of hydrogen-bond acceptors (Lipinski definition) is 3. The van der Waals surface area contributed by atoms with Gasteiger partial charge in [-0.15, -0.1) is 11.6 Å². The van der Waals surface area contributed by atoms with Gasteiger partial charge in [0, 0.05) is 12.5 Å². The molecule has 5 heteroatoms. The third kappa shape index (κ3) is 4.33. The van der Waals surface area contributed by atoms with Crippen LogP contribution in [0.5, 0.6) is 0 Å². The highest BCUT2D eigenvalue weighted by atomic mass is 35.5. The Labute approximate surface area is 82.5 Å². The molecule has 0 aromatic rings. The van der Waals surface area contributed by atoms with Crippen LogP contribution in [-0.2, 0) is 9.47 Å². The van der Waals surface area contributed by atoms with Crippen LogP contribution >= 0.6 is 11.6 Å². The average Bonchev–Trinajstić information content (AvgIpc) is 2.57. The van der Waals surface area contributed by atoms with Crippen LogP contribution in [0, 0.1) is 0 Å². The summed E-state index contributed by atoms with van der Waals surface area (Å²) in [5.74, 6) is 0.514. The van der Waals surface area contributed by atoms with Crippen molar-refractivity contribution >= 4 is 17.7 Å². The van der Waals surface area contributed by atoms with Gasteiger partial charge in [-0.3, -0.25) is 0 Å². The van der Waals surface area contributed by atoms with E-state index in [-0.39, 0.29) is 12.1 Å². The van der Waals surface area contributed by atoms with E-state index in [1.54, 1.807) is 0 Å². The van der Waals surface area contributed by atoms with Crippen LogP contribution < -0.4 is 5.32 Å². The lowest BCUT2D eigenvalue weighted by molar-refractivity contribution is 0.138. The van der Waals surface area contributed by atoms with Gasteiger partial charge >= 0.3 is 6.09 Å². The standard InChI is InChI=1S/C8H14ClNO3/c9-3-1-4-13-8(11)10-7-2-5-12-6-7/h7H,1-6H2,(H,10,11). The first-order chi connectivity index (χ1) is 6.33. The van der Waals surface area contributed by atoms with E-state index in [1.165, 1.54) is 0 Å². The number of alkyl halides is 1. The molecular weight excluding hydrogens is 194 g/mol. The zero-order chi connectivity index (χ0) is 9.52. The van der Waals surface area contributed by atoms with Crippen molar-refractivity contribution in [2.75, 3.05) is 25.7 Å². The van der Waals surface area contributed by atoms with Crippen LogP contribution in [-0.4, -0.2) is 37.8 Å². The third-order valence-electron chi connectivity index (χ3n) is 1.76. The monoisotopic (exact) mass is 207 g/mol. The summed E-state index contributed by atoms with van der Waals surface area (Å²) < 4.78 is 9.95. The summed E-state index contributed by atoms with van der Waals surface area (Å²) in [7, 11) is 0. The second kappa shape index (κ2) is 6.05. The zero-order valence-corrected chi connectivity index (χ0v) is 8.18. The summed E-state index contributed by atoms with van der Waals surface area (Å²) in [6, 6.07) is 0.114. The highest BCUT2D eigenvalue weighted by molar-refractivity contribution is 6.17. The minimum Gasteiger partial charge on any atom is -0.450 e. The predicted molar refractivity (Wildman–Crippen MR) is 49.0 cm³/mol. The molecule has 1 unspecified atom stereocenters. The van der Waals surface area contributed by atoms with Crippen molar-refractivity contribution < 1.29 is 14.3 Å². The molecule has 0 aliphatic carbocycles. The fourth-order valence-corrected chi connectivity index (χ4v) is 1.19. The van der Waals surface area contributed by atoms with Crippen molar-refractivity contribution in [2.24, 2.45) is 0 Å². The molecule has 1 heterocycles. The number of carbonyl (C=O) groups is 1. The number of carbonyl (C=O) groups excluding carboxylic acids is 1. The van der Waals surface area contributed by atoms with Crippen LogP contribution in [0.15, 0.2) is 0 Å². The third-order valence-corrected chi connectivity index (χ3v) is 2.03. The number of hydrogen-bond donors (Lipinski definition) is 1. The number of amides is 1. The second-order valence-corrected chi connectivity index (χ2v) is 3.26. The molecule has 1 rings (SSSR count). The number of rotatable bonds is 4. The summed E-state index contributed by atoms with van der Waals surface area (Å²) in [6.45, 7) is 1.68. The van der Waals surface area contributed by atoms with Gasteiger partial charge in [-0.2, -0.15) is 0 Å². The van der Waals surface area contributed by atoms with E-state index in [9.17, 15) is 4.79 Å². The lowest BCUT2D eigenvalue weighted by atomic mass is 10.3. The predicted octanol–water partition coefficient (Wildman–Crippen LogP) is 1.13. The molecule has 1 N–H and O–H groups in total. The van der Waals surface area contributed by atoms with Gasteiger partial charge in [0.25, 0.3) is 0 Å². The second-order valence-electron chi connectivity index (χ2n) is 2.88. The summed E-state index contributed by atoms with van der Waals surface area (Å²) in [5.41, 5.74) is 0. The van der Waals surface area contributed by atoms with E-state index in [0.717, 1.165) is 6.42 Å². The van der Waals surface area contributed by atoms with Gasteiger partial charge in [-0.25, -0.2) is 4.79 Å². The van der Waals surface area contributed by atoms with Crippen LogP contribution in [0.3, 0.4) is 0 Å². The van der Waals surface area contributed by atoms with Gasteiger partial charge in [0.2, 0.25) is 0 Å². The Morgan fingerprint density at radius 3 is 3.15 bits per heavy atom. The molecular formula is C8H14ClNO3. The van der Waals surface area contributed by atoms with E-state index in [4.69, 9.17) is 21.1 Å². The maximum atomic E-state index is 11.0. The van der Waals surface area contributed by atoms with Crippen molar-refractivity contribution in [2.45, 2.75) is 18.9 Å². The molecule has 1 amide bonds. The zero-order valence-electron chi connectivity index (χ0n) is 7.42. The summed E-state index contributed by atoms with van der Waals surface area (Å²) in [4.78, 5) is 11.0. The van der Waals surface area contributed by atoms with Gasteiger partial charge in [0.15, 0.2) is 0 Å². The fraction of sp³-hybridized carbons (Fsp3) is 0.875. The first-order valence-corrected chi connectivity index (χ1v) is 4.93. The summed E-state index contributed by atoms with van der Waals surface area (Å²) in [5, 5.41) is 2.71. The minimum absolute atomic E-state index is 0.114. The van der Waals surface area contributed by atoms with Crippen LogP contribution in [0.1, 0.15) is 12.8 Å². The van der Waals surface area contributed by atoms with Crippen LogP contribution in [0.4, 0.5) is 4.79 Å². The Kier molecular flexibility index (Phi) is 4.93. The molecule has 1 atom stereocenters. The smallest absolute Gasteiger partial charge is 0.407 e. The molecule has 0 radical (unpaired) electrons. The molecule has 0 saturated carbocycles. The Balaban J connectivity index is 2.02. The van der Waals surface area contributed by atoms with Crippen molar-refractivity contribution in [1.82, 2.24) is 5.32 Å². The van der Waals surface area contributed by atoms with E-state index >= 15 is 0 Å². The van der Waals surface area contributed by atoms with Gasteiger partial charge in [-0.1, -0.05) is 0 Å². The Morgan fingerprint density at radius 2 is 2.54 bits per heavy atom. The topological polar surface area (TPSA) is 47.6 Å². The fourth-order valence-electron chi connectivity index (χ4n) is 1.08. The van der Waals surface area contributed by atoms with Crippen molar-refractivity contribution in [3.8, 4) is 0 Å². The number of nitrogens with one attached hydrogen (secondary N) is 1. The number of alkyl carbamates (subject to hydrolysis) is 1. The first kappa shape index (κ1) is 10.6. The largest absolute Gasteiger partial charge is 0.450 e. The molecule has 4 nitrogen and oxygen atoms in total. The molecule has 1 aliphatic rings. The van der Waals surface area contributed by atoms with Gasteiger partial charge in [-0.05, 0) is 12.8 Å². The molecule has 0 bridgehead atoms. The Morgan fingerprint density at radius 1 is 1.69 bits per heavy atom. The Hall–Kier alpha value is -0.480. The van der Waals surface area contributed by atoms with E-state index in [1.807, 2.05) is 0 Å². The van der Waals surface area contributed by atoms with Crippen molar-refractivity contribution in [1.29, 1.82) is 0 Å². The number of ether oxygens (including phenoxy) is 2.